The first-order chi connectivity index (χ1) is 14.0. The number of hydrogen-bond acceptors (Lipinski definition) is 4. The van der Waals surface area contributed by atoms with E-state index >= 15 is 0 Å². The smallest absolute Gasteiger partial charge is 0.387 e. The molecule has 0 bridgehead atoms. The van der Waals surface area contributed by atoms with E-state index in [1.165, 1.54) is 13.2 Å². The van der Waals surface area contributed by atoms with Crippen molar-refractivity contribution in [2.45, 2.75) is 31.4 Å². The van der Waals surface area contributed by atoms with Crippen molar-refractivity contribution in [2.24, 2.45) is 0 Å². The lowest BCUT2D eigenvalue weighted by molar-refractivity contribution is -0.140. The second-order valence-corrected chi connectivity index (χ2v) is 7.09. The lowest BCUT2D eigenvalue weighted by Gasteiger charge is -2.39. The summed E-state index contributed by atoms with van der Waals surface area (Å²) in [7, 11) is 3.11. The summed E-state index contributed by atoms with van der Waals surface area (Å²) in [6, 6.07) is 14.5. The van der Waals surface area contributed by atoms with Crippen LogP contribution in [0.25, 0.3) is 0 Å². The molecule has 0 unspecified atom stereocenters. The van der Waals surface area contributed by atoms with Crippen molar-refractivity contribution in [3.05, 3.63) is 59.7 Å². The minimum atomic E-state index is -2.96. The molecule has 7 heteroatoms. The number of hydrogen-bond donors (Lipinski definition) is 0. The molecular formula is C22H25F2NO4. The number of ether oxygens (including phenoxy) is 3. The van der Waals surface area contributed by atoms with E-state index in [0.717, 1.165) is 5.56 Å². The van der Waals surface area contributed by atoms with Crippen LogP contribution in [0.3, 0.4) is 0 Å². The predicted molar refractivity (Wildman–Crippen MR) is 104 cm³/mol. The Bertz CT molecular complexity index is 823. The number of halogens is 2. The molecule has 5 nitrogen and oxygen atoms in total. The monoisotopic (exact) mass is 405 g/mol. The number of nitrogens with zero attached hydrogens (tertiary/aromatic N) is 1. The molecule has 0 aliphatic carbocycles. The molecule has 1 aliphatic rings. The zero-order valence-electron chi connectivity index (χ0n) is 16.6. The third-order valence-electron chi connectivity index (χ3n) is 5.29. The Morgan fingerprint density at radius 2 is 1.83 bits per heavy atom. The highest BCUT2D eigenvalue weighted by Gasteiger charge is 2.43. The Morgan fingerprint density at radius 3 is 2.45 bits per heavy atom. The summed E-state index contributed by atoms with van der Waals surface area (Å²) < 4.78 is 40.5. The number of amides is 1. The Labute approximate surface area is 169 Å². The minimum Gasteiger partial charge on any atom is -0.493 e. The van der Waals surface area contributed by atoms with Crippen molar-refractivity contribution < 1.29 is 27.8 Å². The van der Waals surface area contributed by atoms with E-state index < -0.39 is 12.0 Å². The molecule has 1 amide bonds. The maximum atomic E-state index is 13.5. The summed E-state index contributed by atoms with van der Waals surface area (Å²) in [6.07, 6.45) is 1.20. The normalized spacial score (nSPS) is 15.8. The van der Waals surface area contributed by atoms with Crippen molar-refractivity contribution in [2.75, 3.05) is 27.4 Å². The molecule has 1 fully saturated rings. The number of carbonyl (C=O) groups excluding carboxylic acids is 1. The molecule has 0 atom stereocenters. The minimum absolute atomic E-state index is 0.0147. The highest BCUT2D eigenvalue weighted by atomic mass is 19.3. The van der Waals surface area contributed by atoms with Gasteiger partial charge in [0.1, 0.15) is 0 Å². The summed E-state index contributed by atoms with van der Waals surface area (Å²) in [5.74, 6) is 0.150. The van der Waals surface area contributed by atoms with Crippen LogP contribution in [0.2, 0.25) is 0 Å². The highest BCUT2D eigenvalue weighted by Crippen LogP contribution is 2.37. The van der Waals surface area contributed by atoms with Crippen molar-refractivity contribution in [1.82, 2.24) is 4.90 Å². The number of alkyl halides is 2. The number of benzene rings is 2. The first kappa shape index (κ1) is 21.0. The summed E-state index contributed by atoms with van der Waals surface area (Å²) in [5, 5.41) is 0. The van der Waals surface area contributed by atoms with Gasteiger partial charge in [-0.05, 0) is 36.1 Å². The maximum absolute atomic E-state index is 13.5. The van der Waals surface area contributed by atoms with Crippen molar-refractivity contribution in [3.63, 3.8) is 0 Å². The number of rotatable bonds is 7. The van der Waals surface area contributed by atoms with E-state index in [0.29, 0.717) is 31.6 Å². The van der Waals surface area contributed by atoms with Gasteiger partial charge in [-0.1, -0.05) is 36.4 Å². The molecule has 3 rings (SSSR count). The predicted octanol–water partition coefficient (Wildman–Crippen LogP) is 4.00. The lowest BCUT2D eigenvalue weighted by atomic mass is 9.73. The van der Waals surface area contributed by atoms with Crippen molar-refractivity contribution in [1.29, 1.82) is 0 Å². The number of carbonyl (C=O) groups is 1. The van der Waals surface area contributed by atoms with Crippen LogP contribution in [0.15, 0.2) is 48.5 Å². The van der Waals surface area contributed by atoms with E-state index in [2.05, 4.69) is 4.74 Å². The molecule has 0 saturated carbocycles. The van der Waals surface area contributed by atoms with Gasteiger partial charge in [0.05, 0.1) is 12.5 Å². The summed E-state index contributed by atoms with van der Waals surface area (Å²) in [5.41, 5.74) is 0.993. The lowest BCUT2D eigenvalue weighted by Crippen LogP contribution is -2.48. The fourth-order valence-electron chi connectivity index (χ4n) is 3.82. The topological polar surface area (TPSA) is 48.0 Å². The molecule has 0 aromatic heterocycles. The molecule has 0 radical (unpaired) electrons. The van der Waals surface area contributed by atoms with Crippen molar-refractivity contribution in [3.8, 4) is 11.5 Å². The van der Waals surface area contributed by atoms with Gasteiger partial charge in [0, 0.05) is 26.8 Å². The van der Waals surface area contributed by atoms with Crippen LogP contribution in [0.5, 0.6) is 11.5 Å². The van der Waals surface area contributed by atoms with Gasteiger partial charge in [0.2, 0.25) is 5.91 Å². The van der Waals surface area contributed by atoms with Crippen molar-refractivity contribution >= 4 is 5.91 Å². The second-order valence-electron chi connectivity index (χ2n) is 7.09. The van der Waals surface area contributed by atoms with Crippen LogP contribution in [0.1, 0.15) is 24.0 Å². The third-order valence-corrected chi connectivity index (χ3v) is 5.29. The van der Waals surface area contributed by atoms with Crippen LogP contribution in [0.4, 0.5) is 8.78 Å². The van der Waals surface area contributed by atoms with E-state index in [1.54, 1.807) is 24.1 Å². The fourth-order valence-corrected chi connectivity index (χ4v) is 3.82. The number of likely N-dealkylation sites (N-methyl/N-ethyl adjacent to an activating group) is 1. The van der Waals surface area contributed by atoms with E-state index in [-0.39, 0.29) is 24.0 Å². The summed E-state index contributed by atoms with van der Waals surface area (Å²) >= 11 is 0. The molecule has 0 spiro atoms. The van der Waals surface area contributed by atoms with Crippen LogP contribution < -0.4 is 9.47 Å². The molecule has 2 aromatic rings. The zero-order valence-corrected chi connectivity index (χ0v) is 16.6. The molecule has 1 saturated heterocycles. The average molecular weight is 405 g/mol. The summed E-state index contributed by atoms with van der Waals surface area (Å²) in [4.78, 5) is 15.1. The quantitative estimate of drug-likeness (QED) is 0.699. The largest absolute Gasteiger partial charge is 0.493 e. The van der Waals surface area contributed by atoms with Gasteiger partial charge in [0.25, 0.3) is 0 Å². The Hall–Kier alpha value is -2.67. The average Bonchev–Trinajstić information content (AvgIpc) is 2.74. The van der Waals surface area contributed by atoms with Crippen LogP contribution in [0, 0.1) is 0 Å². The summed E-state index contributed by atoms with van der Waals surface area (Å²) in [6.45, 7) is -1.66. The SMILES string of the molecule is COc1ccc(CN(C)C(=O)C2(c3ccccc3)CCOCC2)cc1OC(F)F. The first-order valence-electron chi connectivity index (χ1n) is 9.47. The molecule has 2 aromatic carbocycles. The van der Waals surface area contributed by atoms with E-state index in [1.807, 2.05) is 30.3 Å². The van der Waals surface area contributed by atoms with Gasteiger partial charge < -0.3 is 19.1 Å². The fraction of sp³-hybridized carbons (Fsp3) is 0.409. The third kappa shape index (κ3) is 4.67. The second kappa shape index (κ2) is 9.22. The molecule has 1 heterocycles. The Morgan fingerprint density at radius 1 is 1.14 bits per heavy atom. The van der Waals surface area contributed by atoms with Crippen LogP contribution in [-0.4, -0.2) is 44.8 Å². The highest BCUT2D eigenvalue weighted by molar-refractivity contribution is 5.88. The molecule has 0 N–H and O–H groups in total. The van der Waals surface area contributed by atoms with Gasteiger partial charge in [0.15, 0.2) is 11.5 Å². The van der Waals surface area contributed by atoms with Gasteiger partial charge in [-0.25, -0.2) is 0 Å². The molecule has 29 heavy (non-hydrogen) atoms. The molecule has 1 aliphatic heterocycles. The molecular weight excluding hydrogens is 380 g/mol. The standard InChI is InChI=1S/C22H25F2NO4/c1-25(15-16-8-9-18(27-2)19(14-16)29-21(23)24)20(26)22(10-12-28-13-11-22)17-6-4-3-5-7-17/h3-9,14,21H,10-13,15H2,1-2H3. The first-order valence-corrected chi connectivity index (χ1v) is 9.47. The van der Waals surface area contributed by atoms with Gasteiger partial charge in [-0.3, -0.25) is 4.79 Å². The van der Waals surface area contributed by atoms with E-state index in [4.69, 9.17) is 9.47 Å². The van der Waals surface area contributed by atoms with Gasteiger partial charge in [-0.2, -0.15) is 8.78 Å². The molecule has 156 valence electrons. The van der Waals surface area contributed by atoms with Crippen LogP contribution in [-0.2, 0) is 21.5 Å². The van der Waals surface area contributed by atoms with Gasteiger partial charge in [-0.15, -0.1) is 0 Å². The Kier molecular flexibility index (Phi) is 6.69. The van der Waals surface area contributed by atoms with Gasteiger partial charge >= 0.3 is 6.61 Å². The maximum Gasteiger partial charge on any atom is 0.387 e. The van der Waals surface area contributed by atoms with E-state index in [9.17, 15) is 13.6 Å². The number of methoxy groups -OCH3 is 1. The van der Waals surface area contributed by atoms with Crippen LogP contribution >= 0.6 is 0 Å². The Balaban J connectivity index is 1.83. The zero-order chi connectivity index (χ0) is 20.9.